The summed E-state index contributed by atoms with van der Waals surface area (Å²) in [5, 5.41) is 4.21. The second-order valence-electron chi connectivity index (χ2n) is 8.31. The van der Waals surface area contributed by atoms with Crippen molar-refractivity contribution in [3.8, 4) is 11.4 Å². The van der Waals surface area contributed by atoms with E-state index in [-0.39, 0.29) is 12.1 Å². The zero-order chi connectivity index (χ0) is 23.8. The predicted molar refractivity (Wildman–Crippen MR) is 144 cm³/mol. The van der Waals surface area contributed by atoms with Gasteiger partial charge in [-0.2, -0.15) is 0 Å². The van der Waals surface area contributed by atoms with E-state index >= 15 is 0 Å². The van der Waals surface area contributed by atoms with Gasteiger partial charge in [0.25, 0.3) is 0 Å². The van der Waals surface area contributed by atoms with E-state index in [0.29, 0.717) is 5.11 Å². The second kappa shape index (κ2) is 9.24. The molecule has 1 aliphatic heterocycles. The fourth-order valence-corrected chi connectivity index (χ4v) is 5.61. The minimum absolute atomic E-state index is 0.0862. The normalized spacial score (nSPS) is 17.6. The molecular weight excluding hydrogens is 508 g/mol. The van der Waals surface area contributed by atoms with Crippen molar-refractivity contribution in [2.75, 3.05) is 12.0 Å². The zero-order valence-electron chi connectivity index (χ0n) is 19.2. The summed E-state index contributed by atoms with van der Waals surface area (Å²) in [4.78, 5) is 6.86. The number of benzene rings is 2. The highest BCUT2D eigenvalue weighted by atomic mass is 79.9. The Morgan fingerprint density at radius 3 is 2.53 bits per heavy atom. The molecule has 2 aromatic heterocycles. The van der Waals surface area contributed by atoms with Crippen molar-refractivity contribution in [1.82, 2.24) is 14.9 Å². The summed E-state index contributed by atoms with van der Waals surface area (Å²) < 4.78 is 8.85. The number of methoxy groups -OCH3 is 1. The Labute approximate surface area is 213 Å². The summed E-state index contributed by atoms with van der Waals surface area (Å²) in [5.41, 5.74) is 6.55. The molecule has 0 saturated carbocycles. The first-order valence-corrected chi connectivity index (χ1v) is 12.3. The van der Waals surface area contributed by atoms with E-state index < -0.39 is 0 Å². The van der Waals surface area contributed by atoms with Crippen molar-refractivity contribution in [3.63, 3.8) is 0 Å². The molecular formula is C27H25BrN4OS. The van der Waals surface area contributed by atoms with Crippen LogP contribution in [0.25, 0.3) is 5.69 Å². The first-order chi connectivity index (χ1) is 16.5. The summed E-state index contributed by atoms with van der Waals surface area (Å²) in [6.07, 6.45) is 1.83. The molecule has 0 spiro atoms. The van der Waals surface area contributed by atoms with Crippen molar-refractivity contribution >= 4 is 38.9 Å². The number of halogens is 1. The van der Waals surface area contributed by atoms with Crippen LogP contribution < -0.4 is 15.0 Å². The van der Waals surface area contributed by atoms with E-state index in [4.69, 9.17) is 17.0 Å². The Morgan fingerprint density at radius 1 is 1.00 bits per heavy atom. The van der Waals surface area contributed by atoms with Gasteiger partial charge in [0.05, 0.1) is 30.6 Å². The van der Waals surface area contributed by atoms with Gasteiger partial charge >= 0.3 is 0 Å². The van der Waals surface area contributed by atoms with Gasteiger partial charge in [0.1, 0.15) is 5.75 Å². The summed E-state index contributed by atoms with van der Waals surface area (Å²) in [5.74, 6) is 0.791. The molecule has 0 radical (unpaired) electrons. The molecule has 2 aromatic carbocycles. The van der Waals surface area contributed by atoms with E-state index in [2.05, 4.69) is 85.9 Å². The zero-order valence-corrected chi connectivity index (χ0v) is 21.6. The molecule has 34 heavy (non-hydrogen) atoms. The topological polar surface area (TPSA) is 42.3 Å². The van der Waals surface area contributed by atoms with Gasteiger partial charge in [-0.3, -0.25) is 4.98 Å². The van der Waals surface area contributed by atoms with Crippen molar-refractivity contribution in [3.05, 3.63) is 106 Å². The number of para-hydroxylation sites is 1. The quantitative estimate of drug-likeness (QED) is 0.299. The first kappa shape index (κ1) is 22.6. The molecule has 0 aliphatic carbocycles. The number of aryl methyl sites for hydroxylation is 1. The van der Waals surface area contributed by atoms with Gasteiger partial charge in [-0.15, -0.1) is 0 Å². The molecule has 1 aliphatic rings. The van der Waals surface area contributed by atoms with Crippen LogP contribution in [0, 0.1) is 13.8 Å². The Hall–Kier alpha value is -3.16. The molecule has 0 unspecified atom stereocenters. The molecule has 172 valence electrons. The van der Waals surface area contributed by atoms with E-state index in [1.165, 1.54) is 5.56 Å². The fraction of sp³-hybridized carbons (Fsp3) is 0.185. The Bertz CT molecular complexity index is 1350. The van der Waals surface area contributed by atoms with Crippen molar-refractivity contribution in [2.24, 2.45) is 0 Å². The van der Waals surface area contributed by atoms with Crippen LogP contribution in [0.2, 0.25) is 0 Å². The predicted octanol–water partition coefficient (Wildman–Crippen LogP) is 6.44. The third-order valence-electron chi connectivity index (χ3n) is 6.31. The van der Waals surface area contributed by atoms with Gasteiger partial charge in [-0.05, 0) is 90.0 Å². The van der Waals surface area contributed by atoms with Crippen LogP contribution in [0.3, 0.4) is 0 Å². The number of rotatable bonds is 5. The van der Waals surface area contributed by atoms with Gasteiger partial charge in [0, 0.05) is 33.8 Å². The number of anilines is 1. The van der Waals surface area contributed by atoms with E-state index in [9.17, 15) is 0 Å². The monoisotopic (exact) mass is 532 g/mol. The number of nitrogens with one attached hydrogen (secondary N) is 1. The lowest BCUT2D eigenvalue weighted by atomic mass is 9.96. The number of pyridine rings is 1. The number of nitrogens with zero attached hydrogens (tertiary/aromatic N) is 3. The molecule has 1 N–H and O–H groups in total. The first-order valence-electron chi connectivity index (χ1n) is 11.1. The standard InChI is InChI=1S/C27H25BrN4OS/c1-17-15-21(18(2)31(17)24-13-5-4-11-22(24)28)26-25(23-12-6-7-14-29-23)30-27(34)32(26)19-9-8-10-20(16-19)33-3/h4-16,25-26H,1-3H3,(H,30,34)/t25-,26+/m0/s1. The Kier molecular flexibility index (Phi) is 6.15. The summed E-state index contributed by atoms with van der Waals surface area (Å²) in [6, 6.07) is 24.4. The van der Waals surface area contributed by atoms with Crippen molar-refractivity contribution in [1.29, 1.82) is 0 Å². The number of hydrogen-bond acceptors (Lipinski definition) is 3. The lowest BCUT2D eigenvalue weighted by Gasteiger charge is -2.28. The van der Waals surface area contributed by atoms with Gasteiger partial charge in [-0.25, -0.2) is 0 Å². The third-order valence-corrected chi connectivity index (χ3v) is 7.30. The van der Waals surface area contributed by atoms with Crippen LogP contribution >= 0.6 is 28.1 Å². The minimum atomic E-state index is -0.104. The summed E-state index contributed by atoms with van der Waals surface area (Å²) in [7, 11) is 1.68. The highest BCUT2D eigenvalue weighted by Crippen LogP contribution is 2.44. The van der Waals surface area contributed by atoms with Crippen LogP contribution in [-0.4, -0.2) is 21.8 Å². The van der Waals surface area contributed by atoms with Crippen LogP contribution in [-0.2, 0) is 0 Å². The smallest absolute Gasteiger partial charge is 0.174 e. The Morgan fingerprint density at radius 2 is 1.79 bits per heavy atom. The lowest BCUT2D eigenvalue weighted by molar-refractivity contribution is 0.415. The van der Waals surface area contributed by atoms with Gasteiger partial charge < -0.3 is 19.5 Å². The van der Waals surface area contributed by atoms with E-state index in [0.717, 1.165) is 38.7 Å². The van der Waals surface area contributed by atoms with E-state index in [1.807, 2.05) is 42.6 Å². The average Bonchev–Trinajstić information content (AvgIpc) is 3.35. The molecule has 1 fully saturated rings. The lowest BCUT2D eigenvalue weighted by Crippen LogP contribution is -2.29. The highest BCUT2D eigenvalue weighted by Gasteiger charge is 2.42. The van der Waals surface area contributed by atoms with Gasteiger partial charge in [0.15, 0.2) is 5.11 Å². The number of thiocarbonyl (C=S) groups is 1. The van der Waals surface area contributed by atoms with Crippen molar-refractivity contribution < 1.29 is 4.74 Å². The number of hydrogen-bond donors (Lipinski definition) is 1. The maximum absolute atomic E-state index is 5.89. The van der Waals surface area contributed by atoms with Crippen LogP contribution in [0.1, 0.15) is 34.7 Å². The largest absolute Gasteiger partial charge is 0.497 e. The molecule has 2 atom stereocenters. The van der Waals surface area contributed by atoms with Gasteiger partial charge in [0.2, 0.25) is 0 Å². The van der Waals surface area contributed by atoms with Crippen molar-refractivity contribution in [2.45, 2.75) is 25.9 Å². The summed E-state index contributed by atoms with van der Waals surface area (Å²) >= 11 is 9.61. The van der Waals surface area contributed by atoms with Gasteiger partial charge in [-0.1, -0.05) is 24.3 Å². The maximum atomic E-state index is 5.89. The molecule has 5 rings (SSSR count). The molecule has 4 aromatic rings. The molecule has 3 heterocycles. The van der Waals surface area contributed by atoms with E-state index in [1.54, 1.807) is 7.11 Å². The molecule has 7 heteroatoms. The Balaban J connectivity index is 1.70. The van der Waals surface area contributed by atoms with Crippen LogP contribution in [0.15, 0.2) is 83.5 Å². The van der Waals surface area contributed by atoms with Crippen LogP contribution in [0.5, 0.6) is 5.75 Å². The third kappa shape index (κ3) is 3.89. The molecule has 0 bridgehead atoms. The minimum Gasteiger partial charge on any atom is -0.497 e. The molecule has 5 nitrogen and oxygen atoms in total. The average molecular weight is 533 g/mol. The number of aromatic nitrogens is 2. The number of ether oxygens (including phenoxy) is 1. The molecule has 0 amide bonds. The molecule has 1 saturated heterocycles. The highest BCUT2D eigenvalue weighted by molar-refractivity contribution is 9.10. The maximum Gasteiger partial charge on any atom is 0.174 e. The SMILES string of the molecule is COc1cccc(N2C(=S)N[C@@H](c3ccccn3)[C@H]2c2cc(C)n(-c3ccccc3Br)c2C)c1. The summed E-state index contributed by atoms with van der Waals surface area (Å²) in [6.45, 7) is 4.31. The van der Waals surface area contributed by atoms with Crippen LogP contribution in [0.4, 0.5) is 5.69 Å². The fourth-order valence-electron chi connectivity index (χ4n) is 4.80. The second-order valence-corrected chi connectivity index (χ2v) is 9.55.